The maximum Gasteiger partial charge on any atom is 0.119 e. The summed E-state index contributed by atoms with van der Waals surface area (Å²) >= 11 is 0. The van der Waals surface area contributed by atoms with Crippen LogP contribution >= 0.6 is 0 Å². The summed E-state index contributed by atoms with van der Waals surface area (Å²) in [6.07, 6.45) is 5.65. The predicted molar refractivity (Wildman–Crippen MR) is 102 cm³/mol. The molecule has 0 heterocycles. The van der Waals surface area contributed by atoms with Crippen molar-refractivity contribution in [2.24, 2.45) is 28.6 Å². The maximum atomic E-state index is 11.0. The minimum absolute atomic E-state index is 0.101. The number of fused-ring (bicyclic) bond motifs is 5. The fourth-order valence-electron chi connectivity index (χ4n) is 6.91. The number of hydrogen-bond acceptors (Lipinski definition) is 2. The number of benzene rings is 1. The quantitative estimate of drug-likeness (QED) is 0.802. The summed E-state index contributed by atoms with van der Waals surface area (Å²) in [7, 11) is 1.76. The highest BCUT2D eigenvalue weighted by atomic mass is 16.5. The van der Waals surface area contributed by atoms with E-state index in [0.717, 1.165) is 25.0 Å². The second-order valence-electron chi connectivity index (χ2n) is 9.78. The SMILES string of the molecule is COc1ccc2c(c1)CC[C@@H]1[C@@H]2CC[C@]2(C)[C@@H](O)C[C@](C)(C(C)C)[C@@H]12. The Morgan fingerprint density at radius 3 is 2.64 bits per heavy atom. The lowest BCUT2D eigenvalue weighted by Gasteiger charge is -2.54. The van der Waals surface area contributed by atoms with E-state index in [4.69, 9.17) is 4.74 Å². The van der Waals surface area contributed by atoms with Crippen molar-refractivity contribution < 1.29 is 9.84 Å². The lowest BCUT2D eigenvalue weighted by atomic mass is 9.50. The Hall–Kier alpha value is -1.02. The second kappa shape index (κ2) is 5.74. The van der Waals surface area contributed by atoms with Crippen molar-refractivity contribution in [2.75, 3.05) is 7.11 Å². The van der Waals surface area contributed by atoms with Gasteiger partial charge in [0.05, 0.1) is 13.2 Å². The van der Waals surface area contributed by atoms with Gasteiger partial charge in [0.1, 0.15) is 5.75 Å². The van der Waals surface area contributed by atoms with Gasteiger partial charge in [-0.1, -0.05) is 33.8 Å². The summed E-state index contributed by atoms with van der Waals surface area (Å²) in [5.41, 5.74) is 3.41. The van der Waals surface area contributed by atoms with E-state index in [0.29, 0.717) is 23.7 Å². The van der Waals surface area contributed by atoms with E-state index >= 15 is 0 Å². The number of aryl methyl sites for hydroxylation is 1. The molecule has 25 heavy (non-hydrogen) atoms. The molecule has 2 nitrogen and oxygen atoms in total. The van der Waals surface area contributed by atoms with E-state index in [-0.39, 0.29) is 16.9 Å². The molecule has 0 saturated heterocycles. The first-order chi connectivity index (χ1) is 11.8. The number of ether oxygens (including phenoxy) is 1. The summed E-state index contributed by atoms with van der Waals surface area (Å²) in [6.45, 7) is 9.58. The molecule has 0 aromatic heterocycles. The van der Waals surface area contributed by atoms with E-state index in [1.54, 1.807) is 12.7 Å². The summed E-state index contributed by atoms with van der Waals surface area (Å²) in [5.74, 6) is 3.61. The fourth-order valence-corrected chi connectivity index (χ4v) is 6.91. The highest BCUT2D eigenvalue weighted by Crippen LogP contribution is 2.68. The van der Waals surface area contributed by atoms with Crippen molar-refractivity contribution in [3.05, 3.63) is 29.3 Å². The van der Waals surface area contributed by atoms with Crippen LogP contribution < -0.4 is 4.74 Å². The van der Waals surface area contributed by atoms with Gasteiger partial charge in [-0.3, -0.25) is 0 Å². The fraction of sp³-hybridized carbons (Fsp3) is 0.739. The largest absolute Gasteiger partial charge is 0.497 e. The molecule has 1 aromatic rings. The van der Waals surface area contributed by atoms with Crippen LogP contribution in [0.25, 0.3) is 0 Å². The van der Waals surface area contributed by atoms with Crippen LogP contribution in [0.3, 0.4) is 0 Å². The zero-order chi connectivity index (χ0) is 18.0. The molecule has 138 valence electrons. The first kappa shape index (κ1) is 17.4. The Labute approximate surface area is 153 Å². The van der Waals surface area contributed by atoms with Crippen LogP contribution in [0.4, 0.5) is 0 Å². The molecule has 0 amide bonds. The van der Waals surface area contributed by atoms with Crippen molar-refractivity contribution in [1.29, 1.82) is 0 Å². The normalized spacial score (nSPS) is 42.7. The molecule has 0 bridgehead atoms. The van der Waals surface area contributed by atoms with E-state index in [1.165, 1.54) is 18.4 Å². The van der Waals surface area contributed by atoms with Crippen molar-refractivity contribution in [1.82, 2.24) is 0 Å². The van der Waals surface area contributed by atoms with Crippen LogP contribution in [0.2, 0.25) is 0 Å². The molecule has 1 aromatic carbocycles. The smallest absolute Gasteiger partial charge is 0.119 e. The molecule has 3 aliphatic rings. The van der Waals surface area contributed by atoms with Gasteiger partial charge >= 0.3 is 0 Å². The second-order valence-corrected chi connectivity index (χ2v) is 9.78. The van der Waals surface area contributed by atoms with E-state index < -0.39 is 0 Å². The van der Waals surface area contributed by atoms with Crippen LogP contribution in [0.15, 0.2) is 18.2 Å². The van der Waals surface area contributed by atoms with Gasteiger partial charge < -0.3 is 9.84 Å². The lowest BCUT2D eigenvalue weighted by Crippen LogP contribution is -2.48. The van der Waals surface area contributed by atoms with Crippen molar-refractivity contribution in [2.45, 2.75) is 71.8 Å². The van der Waals surface area contributed by atoms with Gasteiger partial charge in [0.25, 0.3) is 0 Å². The Kier molecular flexibility index (Phi) is 3.99. The summed E-state index contributed by atoms with van der Waals surface area (Å²) < 4.78 is 5.45. The van der Waals surface area contributed by atoms with Crippen LogP contribution in [-0.4, -0.2) is 18.3 Å². The first-order valence-electron chi connectivity index (χ1n) is 10.2. The molecular weight excluding hydrogens is 308 g/mol. The van der Waals surface area contributed by atoms with Crippen LogP contribution in [0.1, 0.15) is 70.4 Å². The average Bonchev–Trinajstić information content (AvgIpc) is 2.81. The highest BCUT2D eigenvalue weighted by Gasteiger charge is 2.63. The highest BCUT2D eigenvalue weighted by molar-refractivity contribution is 5.41. The molecule has 0 spiro atoms. The predicted octanol–water partition coefficient (Wildman–Crippen LogP) is 5.18. The van der Waals surface area contributed by atoms with Gasteiger partial charge in [0.15, 0.2) is 0 Å². The maximum absolute atomic E-state index is 11.0. The molecule has 3 aliphatic carbocycles. The van der Waals surface area contributed by atoms with Crippen LogP contribution in [0, 0.1) is 28.6 Å². The summed E-state index contributed by atoms with van der Waals surface area (Å²) in [6, 6.07) is 6.72. The molecule has 2 saturated carbocycles. The van der Waals surface area contributed by atoms with Gasteiger partial charge in [0.2, 0.25) is 0 Å². The van der Waals surface area contributed by atoms with E-state index in [1.807, 2.05) is 0 Å². The van der Waals surface area contributed by atoms with Crippen LogP contribution in [-0.2, 0) is 6.42 Å². The van der Waals surface area contributed by atoms with Gasteiger partial charge in [0, 0.05) is 0 Å². The number of rotatable bonds is 2. The molecule has 1 N–H and O–H groups in total. The van der Waals surface area contributed by atoms with Gasteiger partial charge in [-0.25, -0.2) is 0 Å². The summed E-state index contributed by atoms with van der Waals surface area (Å²) in [5, 5.41) is 11.0. The molecule has 0 aliphatic heterocycles. The van der Waals surface area contributed by atoms with Gasteiger partial charge in [-0.15, -0.1) is 0 Å². The Balaban J connectivity index is 1.76. The zero-order valence-electron chi connectivity index (χ0n) is 16.5. The van der Waals surface area contributed by atoms with Gasteiger partial charge in [-0.05, 0) is 89.9 Å². The van der Waals surface area contributed by atoms with Crippen LogP contribution in [0.5, 0.6) is 5.75 Å². The number of aliphatic hydroxyl groups excluding tert-OH is 1. The average molecular weight is 343 g/mol. The van der Waals surface area contributed by atoms with Crippen molar-refractivity contribution in [3.63, 3.8) is 0 Å². The van der Waals surface area contributed by atoms with Crippen molar-refractivity contribution >= 4 is 0 Å². The number of hydrogen-bond donors (Lipinski definition) is 1. The monoisotopic (exact) mass is 342 g/mol. The third-order valence-corrected chi connectivity index (χ3v) is 8.57. The molecule has 6 atom stereocenters. The van der Waals surface area contributed by atoms with E-state index in [2.05, 4.69) is 45.9 Å². The standard InChI is InChI=1S/C23H34O2/c1-14(2)23(4)13-20(24)22(3)11-10-18-17-9-7-16(25-5)12-15(17)6-8-19(18)21(22)23/h7,9,12,14,18-21,24H,6,8,10-11,13H2,1-5H3/t18-,19-,20+,21+,22-,23-/m1/s1. The zero-order valence-corrected chi connectivity index (χ0v) is 16.5. The van der Waals surface area contributed by atoms with E-state index in [9.17, 15) is 5.11 Å². The molecule has 0 unspecified atom stereocenters. The third-order valence-electron chi connectivity index (χ3n) is 8.57. The topological polar surface area (TPSA) is 29.5 Å². The van der Waals surface area contributed by atoms with Gasteiger partial charge in [-0.2, -0.15) is 0 Å². The minimum atomic E-state index is -0.136. The Morgan fingerprint density at radius 2 is 1.96 bits per heavy atom. The summed E-state index contributed by atoms with van der Waals surface area (Å²) in [4.78, 5) is 0. The minimum Gasteiger partial charge on any atom is -0.497 e. The molecule has 0 radical (unpaired) electrons. The lowest BCUT2D eigenvalue weighted by molar-refractivity contribution is -0.0528. The van der Waals surface area contributed by atoms with Crippen molar-refractivity contribution in [3.8, 4) is 5.75 Å². The third kappa shape index (κ3) is 2.32. The molecular formula is C23H34O2. The Morgan fingerprint density at radius 1 is 1.20 bits per heavy atom. The molecule has 2 fully saturated rings. The molecule has 2 heteroatoms. The molecule has 4 rings (SSSR count). The first-order valence-corrected chi connectivity index (χ1v) is 10.2. The number of methoxy groups -OCH3 is 1. The Bertz CT molecular complexity index is 666. The number of aliphatic hydroxyl groups is 1.